The lowest BCUT2D eigenvalue weighted by molar-refractivity contribution is 0.0697. The predicted molar refractivity (Wildman–Crippen MR) is 74.7 cm³/mol. The maximum absolute atomic E-state index is 11.0. The first kappa shape index (κ1) is 12.6. The molecule has 0 fully saturated rings. The zero-order valence-corrected chi connectivity index (χ0v) is 11.3. The summed E-state index contributed by atoms with van der Waals surface area (Å²) in [6.45, 7) is 1.87. The second-order valence-electron chi connectivity index (χ2n) is 4.18. The molecule has 100 valence electrons. The Labute approximate surface area is 118 Å². The number of carboxylic acids is 1. The lowest BCUT2D eigenvalue weighted by Crippen LogP contribution is -1.97. The average molecular weight is 286 g/mol. The van der Waals surface area contributed by atoms with Crippen LogP contribution in [0.5, 0.6) is 0 Å². The fourth-order valence-corrected chi connectivity index (χ4v) is 2.53. The third-order valence-electron chi connectivity index (χ3n) is 2.72. The van der Waals surface area contributed by atoms with Gasteiger partial charge in [0.1, 0.15) is 16.5 Å². The fourth-order valence-electron chi connectivity index (χ4n) is 1.76. The number of carboxylic acid groups (broad SMARTS) is 1. The van der Waals surface area contributed by atoms with Gasteiger partial charge in [-0.25, -0.2) is 9.78 Å². The number of carbonyl (C=O) groups is 1. The Bertz CT molecular complexity index is 776. The Morgan fingerprint density at radius 3 is 2.85 bits per heavy atom. The number of thiazole rings is 1. The van der Waals surface area contributed by atoms with Crippen LogP contribution >= 0.6 is 11.3 Å². The second kappa shape index (κ2) is 4.90. The summed E-state index contributed by atoms with van der Waals surface area (Å²) in [6, 6.07) is 6.70. The van der Waals surface area contributed by atoms with E-state index in [-0.39, 0.29) is 5.56 Å². The van der Waals surface area contributed by atoms with E-state index in [9.17, 15) is 4.79 Å². The molecule has 0 aliphatic rings. The van der Waals surface area contributed by atoms with Gasteiger partial charge in [-0.15, -0.1) is 11.3 Å². The number of furan rings is 1. The summed E-state index contributed by atoms with van der Waals surface area (Å²) in [4.78, 5) is 19.5. The Morgan fingerprint density at radius 2 is 2.15 bits per heavy atom. The maximum atomic E-state index is 11.0. The van der Waals surface area contributed by atoms with E-state index in [1.807, 2.05) is 24.4 Å². The van der Waals surface area contributed by atoms with Gasteiger partial charge in [0.25, 0.3) is 0 Å². The first-order chi connectivity index (χ1) is 9.63. The number of aromatic nitrogens is 2. The van der Waals surface area contributed by atoms with Gasteiger partial charge in [-0.1, -0.05) is 0 Å². The Hall–Kier alpha value is -2.47. The van der Waals surface area contributed by atoms with Gasteiger partial charge < -0.3 is 9.52 Å². The number of nitrogens with zero attached hydrogens (tertiary/aromatic N) is 2. The topological polar surface area (TPSA) is 76.2 Å². The quantitative estimate of drug-likeness (QED) is 0.797. The zero-order valence-electron chi connectivity index (χ0n) is 10.5. The van der Waals surface area contributed by atoms with Gasteiger partial charge >= 0.3 is 5.97 Å². The molecule has 20 heavy (non-hydrogen) atoms. The first-order valence-electron chi connectivity index (χ1n) is 5.85. The van der Waals surface area contributed by atoms with Crippen molar-refractivity contribution in [3.63, 3.8) is 0 Å². The van der Waals surface area contributed by atoms with Crippen LogP contribution in [0.4, 0.5) is 0 Å². The van der Waals surface area contributed by atoms with Crippen molar-refractivity contribution in [3.05, 3.63) is 47.2 Å². The van der Waals surface area contributed by atoms with Gasteiger partial charge in [-0.2, -0.15) is 0 Å². The lowest BCUT2D eigenvalue weighted by atomic mass is 10.2. The Balaban J connectivity index is 1.98. The van der Waals surface area contributed by atoms with Gasteiger partial charge in [0, 0.05) is 11.6 Å². The highest BCUT2D eigenvalue weighted by Crippen LogP contribution is 2.29. The van der Waals surface area contributed by atoms with Gasteiger partial charge in [0.2, 0.25) is 0 Å². The second-order valence-corrected chi connectivity index (χ2v) is 5.04. The SMILES string of the molecule is Cc1ccc(-c2csc(-c3cc(C(=O)O)ccn3)n2)o1. The number of rotatable bonds is 3. The molecule has 1 N–H and O–H groups in total. The van der Waals surface area contributed by atoms with Crippen LogP contribution in [0.15, 0.2) is 40.3 Å². The first-order valence-corrected chi connectivity index (χ1v) is 6.73. The summed E-state index contributed by atoms with van der Waals surface area (Å²) in [5.74, 6) is 0.534. The number of hydrogen-bond acceptors (Lipinski definition) is 5. The van der Waals surface area contributed by atoms with Crippen LogP contribution in [0, 0.1) is 6.92 Å². The minimum absolute atomic E-state index is 0.195. The van der Waals surface area contributed by atoms with Crippen LogP contribution in [0.25, 0.3) is 22.2 Å². The van der Waals surface area contributed by atoms with Crippen LogP contribution in [-0.2, 0) is 0 Å². The standard InChI is InChI=1S/C14H10N2O3S/c1-8-2-3-12(19-8)11-7-20-13(16-11)10-6-9(14(17)18)4-5-15-10/h2-7H,1H3,(H,17,18). The van der Waals surface area contributed by atoms with E-state index in [1.165, 1.54) is 29.7 Å². The van der Waals surface area contributed by atoms with Crippen molar-refractivity contribution in [2.24, 2.45) is 0 Å². The number of hydrogen-bond donors (Lipinski definition) is 1. The number of aromatic carboxylic acids is 1. The molecule has 0 aromatic carbocycles. The molecule has 3 heterocycles. The summed E-state index contributed by atoms with van der Waals surface area (Å²) < 4.78 is 5.51. The van der Waals surface area contributed by atoms with E-state index in [4.69, 9.17) is 9.52 Å². The summed E-state index contributed by atoms with van der Waals surface area (Å²) in [6.07, 6.45) is 1.47. The van der Waals surface area contributed by atoms with Crippen LogP contribution < -0.4 is 0 Å². The molecule has 0 amide bonds. The van der Waals surface area contributed by atoms with E-state index in [1.54, 1.807) is 0 Å². The minimum atomic E-state index is -0.980. The van der Waals surface area contributed by atoms with Crippen LogP contribution in [-0.4, -0.2) is 21.0 Å². The van der Waals surface area contributed by atoms with Crippen molar-refractivity contribution in [1.29, 1.82) is 0 Å². The van der Waals surface area contributed by atoms with Crippen LogP contribution in [0.1, 0.15) is 16.1 Å². The molecular formula is C14H10N2O3S. The molecule has 0 saturated heterocycles. The summed E-state index contributed by atoms with van der Waals surface area (Å²) in [7, 11) is 0. The molecule has 0 atom stereocenters. The number of pyridine rings is 1. The van der Waals surface area contributed by atoms with Crippen LogP contribution in [0.3, 0.4) is 0 Å². The molecule has 0 unspecified atom stereocenters. The van der Waals surface area contributed by atoms with Gasteiger partial charge in [0.15, 0.2) is 5.76 Å². The van der Waals surface area contributed by atoms with Gasteiger partial charge in [0.05, 0.1) is 11.3 Å². The average Bonchev–Trinajstić information content (AvgIpc) is 3.07. The third kappa shape index (κ3) is 2.33. The van der Waals surface area contributed by atoms with E-state index in [0.29, 0.717) is 16.5 Å². The van der Waals surface area contributed by atoms with Crippen molar-refractivity contribution >= 4 is 17.3 Å². The van der Waals surface area contributed by atoms with Gasteiger partial charge in [-0.05, 0) is 31.2 Å². The minimum Gasteiger partial charge on any atom is -0.478 e. The predicted octanol–water partition coefficient (Wildman–Crippen LogP) is 3.47. The number of aryl methyl sites for hydroxylation is 1. The monoisotopic (exact) mass is 286 g/mol. The normalized spacial score (nSPS) is 10.7. The van der Waals surface area contributed by atoms with Crippen LogP contribution in [0.2, 0.25) is 0 Å². The highest BCUT2D eigenvalue weighted by Gasteiger charge is 2.12. The highest BCUT2D eigenvalue weighted by atomic mass is 32.1. The fraction of sp³-hybridized carbons (Fsp3) is 0.0714. The molecule has 6 heteroatoms. The Kier molecular flexibility index (Phi) is 3.08. The van der Waals surface area contributed by atoms with Crippen molar-refractivity contribution in [1.82, 2.24) is 9.97 Å². The lowest BCUT2D eigenvalue weighted by Gasteiger charge is -1.97. The van der Waals surface area contributed by atoms with Crippen molar-refractivity contribution in [3.8, 4) is 22.2 Å². The molecule has 0 aliphatic carbocycles. The van der Waals surface area contributed by atoms with Crippen molar-refractivity contribution in [2.45, 2.75) is 6.92 Å². The molecule has 3 rings (SSSR count). The summed E-state index contributed by atoms with van der Waals surface area (Å²) >= 11 is 1.40. The molecule has 0 spiro atoms. The van der Waals surface area contributed by atoms with E-state index < -0.39 is 5.97 Å². The molecule has 0 bridgehead atoms. The molecule has 0 aliphatic heterocycles. The molecule has 0 radical (unpaired) electrons. The molecule has 0 saturated carbocycles. The van der Waals surface area contributed by atoms with Crippen molar-refractivity contribution in [2.75, 3.05) is 0 Å². The molecule has 5 nitrogen and oxygen atoms in total. The maximum Gasteiger partial charge on any atom is 0.335 e. The summed E-state index contributed by atoms with van der Waals surface area (Å²) in [5.41, 5.74) is 1.46. The summed E-state index contributed by atoms with van der Waals surface area (Å²) in [5, 5.41) is 11.5. The van der Waals surface area contributed by atoms with E-state index in [0.717, 1.165) is 11.5 Å². The molecule has 3 aromatic rings. The highest BCUT2D eigenvalue weighted by molar-refractivity contribution is 7.13. The molecular weight excluding hydrogens is 276 g/mol. The Morgan fingerprint density at radius 1 is 1.30 bits per heavy atom. The molecule has 3 aromatic heterocycles. The smallest absolute Gasteiger partial charge is 0.335 e. The van der Waals surface area contributed by atoms with Gasteiger partial charge in [-0.3, -0.25) is 4.98 Å². The third-order valence-corrected chi connectivity index (χ3v) is 3.59. The van der Waals surface area contributed by atoms with E-state index in [2.05, 4.69) is 9.97 Å². The largest absolute Gasteiger partial charge is 0.478 e. The zero-order chi connectivity index (χ0) is 14.1. The van der Waals surface area contributed by atoms with Crippen molar-refractivity contribution < 1.29 is 14.3 Å². The van der Waals surface area contributed by atoms with E-state index >= 15 is 0 Å².